The van der Waals surface area contributed by atoms with Gasteiger partial charge in [-0.1, -0.05) is 24.3 Å². The van der Waals surface area contributed by atoms with Gasteiger partial charge >= 0.3 is 5.97 Å². The van der Waals surface area contributed by atoms with Gasteiger partial charge in [0.2, 0.25) is 0 Å². The zero-order valence-electron chi connectivity index (χ0n) is 16.4. The maximum atomic E-state index is 13.5. The van der Waals surface area contributed by atoms with E-state index in [0.29, 0.717) is 13.2 Å². The molecule has 0 saturated carbocycles. The molecule has 0 fully saturated rings. The number of carbonyl (C=O) groups is 1. The molecule has 3 rings (SSSR count). The van der Waals surface area contributed by atoms with Crippen LogP contribution >= 0.6 is 0 Å². The summed E-state index contributed by atoms with van der Waals surface area (Å²) in [6.07, 6.45) is 0.114. The van der Waals surface area contributed by atoms with E-state index in [4.69, 9.17) is 4.74 Å². The van der Waals surface area contributed by atoms with Gasteiger partial charge in [-0.15, -0.1) is 0 Å². The third kappa shape index (κ3) is 5.81. The van der Waals surface area contributed by atoms with Crippen LogP contribution < -0.4 is 10.9 Å². The summed E-state index contributed by atoms with van der Waals surface area (Å²) in [5.74, 6) is -1.79. The van der Waals surface area contributed by atoms with Crippen molar-refractivity contribution in [3.8, 4) is 11.3 Å². The van der Waals surface area contributed by atoms with E-state index in [1.807, 2.05) is 0 Å². The first-order valence-corrected chi connectivity index (χ1v) is 9.37. The largest absolute Gasteiger partial charge is 0.464 e. The van der Waals surface area contributed by atoms with Crippen molar-refractivity contribution in [3.63, 3.8) is 0 Å². The van der Waals surface area contributed by atoms with Gasteiger partial charge in [-0.3, -0.25) is 9.59 Å². The van der Waals surface area contributed by atoms with Crippen molar-refractivity contribution in [2.24, 2.45) is 0 Å². The van der Waals surface area contributed by atoms with E-state index in [2.05, 4.69) is 10.4 Å². The van der Waals surface area contributed by atoms with Crippen LogP contribution in [-0.2, 0) is 22.5 Å². The number of aromatic nitrogens is 2. The van der Waals surface area contributed by atoms with Crippen LogP contribution in [0.1, 0.15) is 11.1 Å². The first-order chi connectivity index (χ1) is 14.4. The average Bonchev–Trinajstić information content (AvgIpc) is 2.69. The monoisotopic (exact) mass is 413 g/mol. The minimum absolute atomic E-state index is 0.114. The van der Waals surface area contributed by atoms with E-state index in [-0.39, 0.29) is 35.8 Å². The van der Waals surface area contributed by atoms with Crippen LogP contribution in [-0.4, -0.2) is 35.9 Å². The number of nitrogens with zero attached hydrogens (tertiary/aromatic N) is 2. The predicted molar refractivity (Wildman–Crippen MR) is 108 cm³/mol. The Morgan fingerprint density at radius 2 is 1.80 bits per heavy atom. The second-order valence-corrected chi connectivity index (χ2v) is 6.69. The quantitative estimate of drug-likeness (QED) is 0.454. The van der Waals surface area contributed by atoms with Gasteiger partial charge in [-0.2, -0.15) is 5.10 Å². The lowest BCUT2D eigenvalue weighted by molar-refractivity contribution is -0.142. The standard InChI is InChI=1S/C22H21F2N3O3/c1-25-7-8-30-22(29)10-15-3-2-4-16(9-15)14-27-21(28)6-5-20(26-27)17-11-18(23)13-19(24)12-17/h2-6,9,11-13,25H,7-8,10,14H2,1H3. The van der Waals surface area contributed by atoms with Crippen LogP contribution in [0, 0.1) is 11.6 Å². The van der Waals surface area contributed by atoms with Crippen LogP contribution in [0.4, 0.5) is 8.78 Å². The Morgan fingerprint density at radius 3 is 2.53 bits per heavy atom. The van der Waals surface area contributed by atoms with E-state index in [0.717, 1.165) is 29.3 Å². The van der Waals surface area contributed by atoms with E-state index in [1.54, 1.807) is 31.3 Å². The van der Waals surface area contributed by atoms with Gasteiger partial charge in [-0.25, -0.2) is 13.5 Å². The average molecular weight is 413 g/mol. The number of benzene rings is 2. The lowest BCUT2D eigenvalue weighted by Gasteiger charge is -2.09. The number of carbonyl (C=O) groups excluding carboxylic acids is 1. The summed E-state index contributed by atoms with van der Waals surface area (Å²) in [5, 5.41) is 7.13. The second kappa shape index (κ2) is 9.89. The molecule has 156 valence electrons. The normalized spacial score (nSPS) is 10.8. The predicted octanol–water partition coefficient (Wildman–Crippen LogP) is 2.54. The molecule has 0 aliphatic heterocycles. The molecule has 8 heteroatoms. The highest BCUT2D eigenvalue weighted by molar-refractivity contribution is 5.72. The Balaban J connectivity index is 1.78. The Kier molecular flexibility index (Phi) is 7.03. The Hall–Kier alpha value is -3.39. The molecule has 6 nitrogen and oxygen atoms in total. The van der Waals surface area contributed by atoms with Crippen molar-refractivity contribution in [2.75, 3.05) is 20.2 Å². The highest BCUT2D eigenvalue weighted by Crippen LogP contribution is 2.19. The molecule has 0 amide bonds. The number of halogens is 2. The molecule has 0 atom stereocenters. The van der Waals surface area contributed by atoms with Gasteiger partial charge in [0.1, 0.15) is 18.2 Å². The summed E-state index contributed by atoms with van der Waals surface area (Å²) in [6.45, 7) is 1.01. The maximum absolute atomic E-state index is 13.5. The number of esters is 1. The van der Waals surface area contributed by atoms with Gasteiger partial charge < -0.3 is 10.1 Å². The molecule has 1 N–H and O–H groups in total. The SMILES string of the molecule is CNCCOC(=O)Cc1cccc(Cn2nc(-c3cc(F)cc(F)c3)ccc2=O)c1. The van der Waals surface area contributed by atoms with Crippen LogP contribution in [0.15, 0.2) is 59.4 Å². The molecule has 0 radical (unpaired) electrons. The van der Waals surface area contributed by atoms with Crippen molar-refractivity contribution in [2.45, 2.75) is 13.0 Å². The molecule has 0 saturated heterocycles. The summed E-state index contributed by atoms with van der Waals surface area (Å²) >= 11 is 0. The van der Waals surface area contributed by atoms with E-state index < -0.39 is 11.6 Å². The van der Waals surface area contributed by atoms with E-state index >= 15 is 0 Å². The fourth-order valence-corrected chi connectivity index (χ4v) is 2.91. The number of rotatable bonds is 8. The number of nitrogens with one attached hydrogen (secondary N) is 1. The molecule has 0 unspecified atom stereocenters. The third-order valence-electron chi connectivity index (χ3n) is 4.31. The minimum atomic E-state index is -0.723. The Morgan fingerprint density at radius 1 is 1.07 bits per heavy atom. The number of likely N-dealkylation sites (N-methyl/N-ethyl adjacent to an activating group) is 1. The number of hydrogen-bond acceptors (Lipinski definition) is 5. The molecule has 1 heterocycles. The van der Waals surface area contributed by atoms with Crippen LogP contribution in [0.5, 0.6) is 0 Å². The van der Waals surface area contributed by atoms with Crippen molar-refractivity contribution in [1.29, 1.82) is 0 Å². The minimum Gasteiger partial charge on any atom is -0.464 e. The number of ether oxygens (including phenoxy) is 1. The highest BCUT2D eigenvalue weighted by Gasteiger charge is 2.09. The molecule has 0 spiro atoms. The van der Waals surface area contributed by atoms with Gasteiger partial charge in [0.25, 0.3) is 5.56 Å². The highest BCUT2D eigenvalue weighted by atomic mass is 19.1. The first-order valence-electron chi connectivity index (χ1n) is 9.37. The van der Waals surface area contributed by atoms with Gasteiger partial charge in [0.15, 0.2) is 0 Å². The van der Waals surface area contributed by atoms with Crippen molar-refractivity contribution >= 4 is 5.97 Å². The number of hydrogen-bond donors (Lipinski definition) is 1. The molecular formula is C22H21F2N3O3. The molecule has 1 aromatic heterocycles. The fourth-order valence-electron chi connectivity index (χ4n) is 2.91. The van der Waals surface area contributed by atoms with Crippen LogP contribution in [0.25, 0.3) is 11.3 Å². The van der Waals surface area contributed by atoms with Gasteiger partial charge in [-0.05, 0) is 36.4 Å². The molecular weight excluding hydrogens is 392 g/mol. The zero-order chi connectivity index (χ0) is 21.5. The summed E-state index contributed by atoms with van der Waals surface area (Å²) < 4.78 is 33.3. The molecule has 2 aromatic carbocycles. The molecule has 0 aliphatic rings. The van der Waals surface area contributed by atoms with Crippen molar-refractivity contribution in [1.82, 2.24) is 15.1 Å². The van der Waals surface area contributed by atoms with Crippen molar-refractivity contribution < 1.29 is 18.3 Å². The van der Waals surface area contributed by atoms with Crippen LogP contribution in [0.2, 0.25) is 0 Å². The lowest BCUT2D eigenvalue weighted by atomic mass is 10.1. The first kappa shape index (κ1) is 21.3. The van der Waals surface area contributed by atoms with Crippen molar-refractivity contribution in [3.05, 3.63) is 87.7 Å². The summed E-state index contributed by atoms with van der Waals surface area (Å²) in [5.41, 5.74) is 1.66. The second-order valence-electron chi connectivity index (χ2n) is 6.69. The Bertz CT molecular complexity index is 1080. The van der Waals surface area contributed by atoms with Gasteiger partial charge in [0, 0.05) is 24.2 Å². The van der Waals surface area contributed by atoms with Gasteiger partial charge in [0.05, 0.1) is 18.7 Å². The lowest BCUT2D eigenvalue weighted by Crippen LogP contribution is -2.23. The summed E-state index contributed by atoms with van der Waals surface area (Å²) in [7, 11) is 1.77. The smallest absolute Gasteiger partial charge is 0.310 e. The molecule has 30 heavy (non-hydrogen) atoms. The van der Waals surface area contributed by atoms with E-state index in [9.17, 15) is 18.4 Å². The topological polar surface area (TPSA) is 73.2 Å². The molecule has 3 aromatic rings. The maximum Gasteiger partial charge on any atom is 0.310 e. The third-order valence-corrected chi connectivity index (χ3v) is 4.31. The summed E-state index contributed by atoms with van der Waals surface area (Å²) in [6, 6.07) is 13.0. The molecule has 0 aliphatic carbocycles. The fraction of sp³-hybridized carbons (Fsp3) is 0.227. The van der Waals surface area contributed by atoms with Crippen LogP contribution in [0.3, 0.4) is 0 Å². The summed E-state index contributed by atoms with van der Waals surface area (Å²) in [4.78, 5) is 24.1. The Labute approximate surface area is 172 Å². The molecule has 0 bridgehead atoms. The van der Waals surface area contributed by atoms with E-state index in [1.165, 1.54) is 16.8 Å². The zero-order valence-corrected chi connectivity index (χ0v) is 16.4.